The second-order valence-electron chi connectivity index (χ2n) is 5.58. The average Bonchev–Trinajstić information content (AvgIpc) is 2.57. The summed E-state index contributed by atoms with van der Waals surface area (Å²) in [4.78, 5) is 15.0. The number of aliphatic imine (C=N–C) groups is 1. The third-order valence-electron chi connectivity index (χ3n) is 3.78. The minimum atomic E-state index is -0.401. The fourth-order valence-electron chi connectivity index (χ4n) is 2.62. The third-order valence-corrected chi connectivity index (χ3v) is 3.78. The molecule has 0 unspecified atom stereocenters. The van der Waals surface area contributed by atoms with Gasteiger partial charge in [0.15, 0.2) is 0 Å². The highest BCUT2D eigenvalue weighted by atomic mass is 16.6. The van der Waals surface area contributed by atoms with Crippen LogP contribution in [0.4, 0.5) is 17.1 Å². The van der Waals surface area contributed by atoms with Gasteiger partial charge < -0.3 is 5.32 Å². The average molecular weight is 319 g/mol. The smallest absolute Gasteiger partial charge is 0.269 e. The number of anilines is 1. The summed E-state index contributed by atoms with van der Waals surface area (Å²) < 4.78 is 0. The fourth-order valence-corrected chi connectivity index (χ4v) is 2.62. The number of nitro groups is 1. The van der Waals surface area contributed by atoms with Crippen molar-refractivity contribution in [2.45, 2.75) is 13.8 Å². The van der Waals surface area contributed by atoms with Crippen LogP contribution in [0.5, 0.6) is 0 Å². The largest absolute Gasteiger partial charge is 0.343 e. The van der Waals surface area contributed by atoms with Crippen LogP contribution in [0.1, 0.15) is 12.5 Å². The molecule has 0 amide bonds. The first-order valence-electron chi connectivity index (χ1n) is 7.60. The molecule has 3 rings (SSSR count). The zero-order chi connectivity index (χ0) is 17.1. The Bertz CT molecular complexity index is 943. The third kappa shape index (κ3) is 3.25. The van der Waals surface area contributed by atoms with Crippen molar-refractivity contribution in [1.82, 2.24) is 0 Å². The Morgan fingerprint density at radius 2 is 1.83 bits per heavy atom. The van der Waals surface area contributed by atoms with Gasteiger partial charge in [-0.25, -0.2) is 4.99 Å². The standard InChI is InChI=1S/C19H17N3O2/c1-13-12-16(22(23)24)10-11-18(13)20-14(2)21-19-9-5-7-15-6-3-4-8-17(15)19/h3-12H,1-2H3,(H,20,21). The number of non-ortho nitro benzene ring substituents is 1. The minimum absolute atomic E-state index is 0.0751. The number of nitro benzene ring substituents is 1. The molecule has 0 radical (unpaired) electrons. The summed E-state index contributed by atoms with van der Waals surface area (Å²) in [7, 11) is 0. The van der Waals surface area contributed by atoms with Crippen molar-refractivity contribution in [3.63, 3.8) is 0 Å². The molecule has 0 saturated carbocycles. The predicted molar refractivity (Wildman–Crippen MR) is 98.2 cm³/mol. The molecule has 3 aromatic carbocycles. The molecular formula is C19H17N3O2. The Morgan fingerprint density at radius 3 is 2.58 bits per heavy atom. The highest BCUT2D eigenvalue weighted by Gasteiger charge is 2.08. The number of fused-ring (bicyclic) bond motifs is 1. The second-order valence-corrected chi connectivity index (χ2v) is 5.58. The highest BCUT2D eigenvalue weighted by Crippen LogP contribution is 2.26. The first-order valence-corrected chi connectivity index (χ1v) is 7.60. The van der Waals surface area contributed by atoms with Gasteiger partial charge in [-0.3, -0.25) is 10.1 Å². The van der Waals surface area contributed by atoms with E-state index in [9.17, 15) is 10.1 Å². The van der Waals surface area contributed by atoms with Crippen LogP contribution in [0, 0.1) is 17.0 Å². The molecule has 0 heterocycles. The lowest BCUT2D eigenvalue weighted by Crippen LogP contribution is -2.07. The van der Waals surface area contributed by atoms with Crippen LogP contribution < -0.4 is 5.32 Å². The summed E-state index contributed by atoms with van der Waals surface area (Å²) in [6.07, 6.45) is 0. The van der Waals surface area contributed by atoms with Crippen LogP contribution >= 0.6 is 0 Å². The van der Waals surface area contributed by atoms with E-state index in [1.54, 1.807) is 6.07 Å². The normalized spacial score (nSPS) is 11.5. The van der Waals surface area contributed by atoms with E-state index in [1.165, 1.54) is 12.1 Å². The summed E-state index contributed by atoms with van der Waals surface area (Å²) in [5.74, 6) is 0.725. The van der Waals surface area contributed by atoms with Gasteiger partial charge in [-0.1, -0.05) is 36.4 Å². The van der Waals surface area contributed by atoms with Crippen LogP contribution in [0.15, 0.2) is 65.7 Å². The molecule has 0 atom stereocenters. The van der Waals surface area contributed by atoms with E-state index in [0.29, 0.717) is 5.69 Å². The maximum atomic E-state index is 10.8. The van der Waals surface area contributed by atoms with Crippen molar-refractivity contribution in [3.8, 4) is 0 Å². The number of hydrogen-bond acceptors (Lipinski definition) is 3. The molecule has 0 aliphatic carbocycles. The molecule has 0 fully saturated rings. The van der Waals surface area contributed by atoms with Crippen molar-refractivity contribution in [1.29, 1.82) is 0 Å². The molecule has 0 saturated heterocycles. The number of hydrogen-bond donors (Lipinski definition) is 1. The van der Waals surface area contributed by atoms with Gasteiger partial charge in [-0.2, -0.15) is 0 Å². The summed E-state index contributed by atoms with van der Waals surface area (Å²) in [5, 5.41) is 16.4. The van der Waals surface area contributed by atoms with Crippen LogP contribution in [0.25, 0.3) is 10.8 Å². The molecule has 3 aromatic rings. The molecule has 0 aliphatic heterocycles. The van der Waals surface area contributed by atoms with Gasteiger partial charge in [0.25, 0.3) is 5.69 Å². The number of nitrogens with one attached hydrogen (secondary N) is 1. The zero-order valence-corrected chi connectivity index (χ0v) is 13.5. The SMILES string of the molecule is CC(=Nc1ccc([N+](=O)[O-])cc1C)Nc1cccc2ccccc12. The van der Waals surface area contributed by atoms with E-state index < -0.39 is 4.92 Å². The van der Waals surface area contributed by atoms with Gasteiger partial charge in [-0.05, 0) is 36.9 Å². The van der Waals surface area contributed by atoms with Gasteiger partial charge in [-0.15, -0.1) is 0 Å². The topological polar surface area (TPSA) is 67.5 Å². The molecule has 120 valence electrons. The van der Waals surface area contributed by atoms with E-state index in [1.807, 2.05) is 38.1 Å². The van der Waals surface area contributed by atoms with Gasteiger partial charge >= 0.3 is 0 Å². The molecule has 24 heavy (non-hydrogen) atoms. The first kappa shape index (κ1) is 15.7. The van der Waals surface area contributed by atoms with Crippen LogP contribution in [-0.2, 0) is 0 Å². The highest BCUT2D eigenvalue weighted by molar-refractivity contribution is 6.04. The van der Waals surface area contributed by atoms with Crippen molar-refractivity contribution in [2.75, 3.05) is 5.32 Å². The number of benzene rings is 3. The molecule has 0 spiro atoms. The Morgan fingerprint density at radius 1 is 1.08 bits per heavy atom. The molecule has 0 aromatic heterocycles. The summed E-state index contributed by atoms with van der Waals surface area (Å²) in [6, 6.07) is 18.9. The maximum absolute atomic E-state index is 10.8. The zero-order valence-electron chi connectivity index (χ0n) is 13.5. The van der Waals surface area contributed by atoms with Crippen molar-refractivity contribution in [2.24, 2.45) is 4.99 Å². The number of amidine groups is 1. The van der Waals surface area contributed by atoms with Crippen LogP contribution in [0.2, 0.25) is 0 Å². The Labute approximate surface area is 139 Å². The Hall–Kier alpha value is -3.21. The molecule has 5 heteroatoms. The Balaban J connectivity index is 1.90. The van der Waals surface area contributed by atoms with Gasteiger partial charge in [0.1, 0.15) is 5.84 Å². The monoisotopic (exact) mass is 319 g/mol. The predicted octanol–water partition coefficient (Wildman–Crippen LogP) is 5.22. The quantitative estimate of drug-likeness (QED) is 0.311. The summed E-state index contributed by atoms with van der Waals surface area (Å²) in [5.41, 5.74) is 2.54. The molecule has 0 bridgehead atoms. The van der Waals surface area contributed by atoms with Gasteiger partial charge in [0, 0.05) is 23.2 Å². The summed E-state index contributed by atoms with van der Waals surface area (Å²) in [6.45, 7) is 3.69. The second kappa shape index (κ2) is 6.50. The lowest BCUT2D eigenvalue weighted by molar-refractivity contribution is -0.384. The van der Waals surface area contributed by atoms with Crippen molar-refractivity contribution >= 4 is 33.7 Å². The summed E-state index contributed by atoms with van der Waals surface area (Å²) >= 11 is 0. The molecule has 5 nitrogen and oxygen atoms in total. The lowest BCUT2D eigenvalue weighted by Gasteiger charge is -2.10. The van der Waals surface area contributed by atoms with Gasteiger partial charge in [0.2, 0.25) is 0 Å². The molecule has 1 N–H and O–H groups in total. The van der Waals surface area contributed by atoms with Crippen LogP contribution in [0.3, 0.4) is 0 Å². The van der Waals surface area contributed by atoms with E-state index in [0.717, 1.165) is 27.9 Å². The maximum Gasteiger partial charge on any atom is 0.269 e. The van der Waals surface area contributed by atoms with E-state index in [2.05, 4.69) is 28.5 Å². The molecule has 0 aliphatic rings. The molecular weight excluding hydrogens is 302 g/mol. The van der Waals surface area contributed by atoms with E-state index in [4.69, 9.17) is 0 Å². The minimum Gasteiger partial charge on any atom is -0.343 e. The fraction of sp³-hybridized carbons (Fsp3) is 0.105. The number of nitrogens with zero attached hydrogens (tertiary/aromatic N) is 2. The number of aryl methyl sites for hydroxylation is 1. The van der Waals surface area contributed by atoms with Crippen molar-refractivity contribution < 1.29 is 4.92 Å². The van der Waals surface area contributed by atoms with Crippen molar-refractivity contribution in [3.05, 3.63) is 76.3 Å². The first-order chi connectivity index (χ1) is 11.5. The lowest BCUT2D eigenvalue weighted by atomic mass is 10.1. The van der Waals surface area contributed by atoms with Gasteiger partial charge in [0.05, 0.1) is 10.6 Å². The Kier molecular flexibility index (Phi) is 4.24. The van der Waals surface area contributed by atoms with E-state index in [-0.39, 0.29) is 5.69 Å². The number of rotatable bonds is 3. The van der Waals surface area contributed by atoms with Crippen LogP contribution in [-0.4, -0.2) is 10.8 Å². The van der Waals surface area contributed by atoms with E-state index >= 15 is 0 Å².